The maximum atomic E-state index is 13.2. The van der Waals surface area contributed by atoms with Crippen molar-refractivity contribution in [3.8, 4) is 0 Å². The van der Waals surface area contributed by atoms with Crippen molar-refractivity contribution in [1.82, 2.24) is 4.90 Å². The second-order valence-electron chi connectivity index (χ2n) is 6.59. The lowest BCUT2D eigenvalue weighted by molar-refractivity contribution is -0.153. The Balaban J connectivity index is 1.73. The van der Waals surface area contributed by atoms with Crippen molar-refractivity contribution in [2.45, 2.75) is 24.9 Å². The second kappa shape index (κ2) is 7.49. The molecule has 1 unspecified atom stereocenters. The third kappa shape index (κ3) is 3.99. The molecule has 0 bridgehead atoms. The molecule has 136 valence electrons. The predicted molar refractivity (Wildman–Crippen MR) is 89.7 cm³/mol. The number of anilines is 1. The average molecular weight is 350 g/mol. The van der Waals surface area contributed by atoms with Crippen LogP contribution in [-0.4, -0.2) is 62.3 Å². The molecule has 0 radical (unpaired) electrons. The molecule has 1 atom stereocenters. The van der Waals surface area contributed by atoms with Gasteiger partial charge in [0, 0.05) is 19.3 Å². The van der Waals surface area contributed by atoms with Crippen molar-refractivity contribution in [2.75, 3.05) is 44.9 Å². The first-order valence-corrected chi connectivity index (χ1v) is 8.50. The Hall–Kier alpha value is -1.99. The number of hydrogen-bond acceptors (Lipinski definition) is 4. The molecule has 3 rings (SSSR count). The molecule has 2 saturated heterocycles. The summed E-state index contributed by atoms with van der Waals surface area (Å²) in [6.07, 6.45) is 1.95. The Morgan fingerprint density at radius 3 is 2.80 bits per heavy atom. The minimum Gasteiger partial charge on any atom is -0.384 e. The SMILES string of the molecule is COCCC(=O)N1CCCC2(C1)CN(c1ccc(F)cc1)C(=O)CO2. The van der Waals surface area contributed by atoms with Gasteiger partial charge in [0.1, 0.15) is 18.0 Å². The average Bonchev–Trinajstić information content (AvgIpc) is 2.63. The zero-order valence-corrected chi connectivity index (χ0v) is 14.4. The van der Waals surface area contributed by atoms with Crippen molar-refractivity contribution >= 4 is 17.5 Å². The second-order valence-corrected chi connectivity index (χ2v) is 6.59. The molecule has 2 amide bonds. The molecule has 7 heteroatoms. The van der Waals surface area contributed by atoms with Crippen LogP contribution in [-0.2, 0) is 19.1 Å². The highest BCUT2D eigenvalue weighted by Gasteiger charge is 2.44. The number of hydrogen-bond donors (Lipinski definition) is 0. The first-order chi connectivity index (χ1) is 12.0. The van der Waals surface area contributed by atoms with Crippen LogP contribution < -0.4 is 4.90 Å². The molecular weight excluding hydrogens is 327 g/mol. The van der Waals surface area contributed by atoms with Crippen LogP contribution >= 0.6 is 0 Å². The molecule has 2 aliphatic heterocycles. The largest absolute Gasteiger partial charge is 0.384 e. The molecule has 0 aromatic heterocycles. The molecule has 1 aromatic rings. The summed E-state index contributed by atoms with van der Waals surface area (Å²) in [6, 6.07) is 5.87. The van der Waals surface area contributed by atoms with Gasteiger partial charge in [-0.25, -0.2) is 4.39 Å². The van der Waals surface area contributed by atoms with E-state index < -0.39 is 5.60 Å². The molecule has 0 N–H and O–H groups in total. The summed E-state index contributed by atoms with van der Waals surface area (Å²) in [5.74, 6) is -0.457. The number of amides is 2. The van der Waals surface area contributed by atoms with Gasteiger partial charge in [-0.15, -0.1) is 0 Å². The Morgan fingerprint density at radius 2 is 2.08 bits per heavy atom. The van der Waals surface area contributed by atoms with Crippen LogP contribution in [0, 0.1) is 5.82 Å². The van der Waals surface area contributed by atoms with Crippen LogP contribution in [0.3, 0.4) is 0 Å². The van der Waals surface area contributed by atoms with Gasteiger partial charge in [0.15, 0.2) is 0 Å². The first kappa shape index (κ1) is 17.8. The topological polar surface area (TPSA) is 59.1 Å². The number of methoxy groups -OCH3 is 1. The van der Waals surface area contributed by atoms with Gasteiger partial charge in [0.2, 0.25) is 5.91 Å². The number of halogens is 1. The smallest absolute Gasteiger partial charge is 0.253 e. The first-order valence-electron chi connectivity index (χ1n) is 8.50. The number of piperidine rings is 1. The van der Waals surface area contributed by atoms with E-state index in [0.29, 0.717) is 38.3 Å². The van der Waals surface area contributed by atoms with Gasteiger partial charge >= 0.3 is 0 Å². The predicted octanol–water partition coefficient (Wildman–Crippen LogP) is 1.59. The van der Waals surface area contributed by atoms with E-state index in [0.717, 1.165) is 12.8 Å². The van der Waals surface area contributed by atoms with Crippen molar-refractivity contribution in [3.63, 3.8) is 0 Å². The van der Waals surface area contributed by atoms with Crippen LogP contribution in [0.2, 0.25) is 0 Å². The lowest BCUT2D eigenvalue weighted by Gasteiger charge is -2.47. The monoisotopic (exact) mass is 350 g/mol. The Labute approximate surface area is 146 Å². The summed E-state index contributed by atoms with van der Waals surface area (Å²) < 4.78 is 24.0. The maximum absolute atomic E-state index is 13.2. The molecule has 0 aliphatic carbocycles. The highest BCUT2D eigenvalue weighted by Crippen LogP contribution is 2.32. The lowest BCUT2D eigenvalue weighted by Crippen LogP contribution is -2.62. The molecule has 6 nitrogen and oxygen atoms in total. The van der Waals surface area contributed by atoms with Gasteiger partial charge < -0.3 is 19.3 Å². The number of rotatable bonds is 4. The van der Waals surface area contributed by atoms with Crippen LogP contribution in [0.15, 0.2) is 24.3 Å². The molecular formula is C18H23FN2O4. The normalized spacial score (nSPS) is 24.0. The molecule has 2 aliphatic rings. The fourth-order valence-corrected chi connectivity index (χ4v) is 3.48. The summed E-state index contributed by atoms with van der Waals surface area (Å²) >= 11 is 0. The number of carbonyl (C=O) groups is 2. The van der Waals surface area contributed by atoms with Crippen molar-refractivity contribution < 1.29 is 23.5 Å². The van der Waals surface area contributed by atoms with E-state index >= 15 is 0 Å². The fourth-order valence-electron chi connectivity index (χ4n) is 3.48. The minimum absolute atomic E-state index is 0.0303. The summed E-state index contributed by atoms with van der Waals surface area (Å²) in [6.45, 7) is 1.88. The van der Waals surface area contributed by atoms with E-state index in [2.05, 4.69) is 0 Å². The highest BCUT2D eigenvalue weighted by molar-refractivity contribution is 5.95. The summed E-state index contributed by atoms with van der Waals surface area (Å²) in [5.41, 5.74) is 0.0837. The number of benzene rings is 1. The standard InChI is InChI=1S/C18H23FN2O4/c1-24-10-7-16(22)20-9-2-8-18(12-20)13-21(17(23)11-25-18)15-5-3-14(19)4-6-15/h3-6H,2,7-13H2,1H3. The number of carbonyl (C=O) groups excluding carboxylic acids is 2. The van der Waals surface area contributed by atoms with Crippen LogP contribution in [0.25, 0.3) is 0 Å². The van der Waals surface area contributed by atoms with E-state index in [9.17, 15) is 14.0 Å². The number of nitrogens with zero attached hydrogens (tertiary/aromatic N) is 2. The Kier molecular flexibility index (Phi) is 5.34. The third-order valence-electron chi connectivity index (χ3n) is 4.80. The molecule has 2 heterocycles. The minimum atomic E-state index is -0.566. The quantitative estimate of drug-likeness (QED) is 0.827. The summed E-state index contributed by atoms with van der Waals surface area (Å²) in [4.78, 5) is 28.0. The molecule has 25 heavy (non-hydrogen) atoms. The summed E-state index contributed by atoms with van der Waals surface area (Å²) in [5, 5.41) is 0. The van der Waals surface area contributed by atoms with E-state index in [1.165, 1.54) is 12.1 Å². The van der Waals surface area contributed by atoms with Crippen molar-refractivity contribution in [1.29, 1.82) is 0 Å². The van der Waals surface area contributed by atoms with Crippen LogP contribution in [0.5, 0.6) is 0 Å². The number of morpholine rings is 1. The van der Waals surface area contributed by atoms with Gasteiger partial charge in [-0.2, -0.15) is 0 Å². The van der Waals surface area contributed by atoms with Crippen LogP contribution in [0.1, 0.15) is 19.3 Å². The highest BCUT2D eigenvalue weighted by atomic mass is 19.1. The molecule has 1 spiro atoms. The lowest BCUT2D eigenvalue weighted by atomic mass is 9.90. The van der Waals surface area contributed by atoms with Gasteiger partial charge in [-0.05, 0) is 37.1 Å². The van der Waals surface area contributed by atoms with E-state index in [4.69, 9.17) is 9.47 Å². The third-order valence-corrected chi connectivity index (χ3v) is 4.80. The van der Waals surface area contributed by atoms with E-state index in [1.54, 1.807) is 29.0 Å². The van der Waals surface area contributed by atoms with Crippen molar-refractivity contribution in [3.05, 3.63) is 30.1 Å². The number of ether oxygens (including phenoxy) is 2. The molecule has 1 aromatic carbocycles. The number of likely N-dealkylation sites (tertiary alicyclic amines) is 1. The van der Waals surface area contributed by atoms with E-state index in [1.807, 2.05) is 0 Å². The Bertz CT molecular complexity index is 636. The Morgan fingerprint density at radius 1 is 1.32 bits per heavy atom. The molecule has 0 saturated carbocycles. The van der Waals surface area contributed by atoms with Crippen molar-refractivity contribution in [2.24, 2.45) is 0 Å². The van der Waals surface area contributed by atoms with Gasteiger partial charge in [-0.1, -0.05) is 0 Å². The van der Waals surface area contributed by atoms with Gasteiger partial charge in [-0.3, -0.25) is 9.59 Å². The summed E-state index contributed by atoms with van der Waals surface area (Å²) in [7, 11) is 1.57. The zero-order valence-electron chi connectivity index (χ0n) is 14.4. The van der Waals surface area contributed by atoms with Gasteiger partial charge in [0.25, 0.3) is 5.91 Å². The van der Waals surface area contributed by atoms with Crippen LogP contribution in [0.4, 0.5) is 10.1 Å². The van der Waals surface area contributed by atoms with E-state index in [-0.39, 0.29) is 24.2 Å². The fraction of sp³-hybridized carbons (Fsp3) is 0.556. The van der Waals surface area contributed by atoms with Gasteiger partial charge in [0.05, 0.1) is 26.1 Å². The molecule has 2 fully saturated rings. The maximum Gasteiger partial charge on any atom is 0.253 e. The zero-order chi connectivity index (χ0) is 17.9.